The zero-order chi connectivity index (χ0) is 24.7. The van der Waals surface area contributed by atoms with Crippen molar-refractivity contribution in [3.8, 4) is 0 Å². The second-order valence-electron chi connectivity index (χ2n) is 9.21. The van der Waals surface area contributed by atoms with Crippen molar-refractivity contribution in [3.05, 3.63) is 64.4 Å². The lowest BCUT2D eigenvalue weighted by molar-refractivity contribution is -0.125. The second kappa shape index (κ2) is 9.19. The fourth-order valence-electron chi connectivity index (χ4n) is 4.61. The van der Waals surface area contributed by atoms with Gasteiger partial charge in [0.05, 0.1) is 23.5 Å². The lowest BCUT2D eigenvalue weighted by atomic mass is 10.0. The van der Waals surface area contributed by atoms with Crippen molar-refractivity contribution in [2.75, 3.05) is 17.5 Å². The molecule has 2 atom stereocenters. The summed E-state index contributed by atoms with van der Waals surface area (Å²) in [6.45, 7) is 2.25. The summed E-state index contributed by atoms with van der Waals surface area (Å²) in [5.41, 5.74) is 0.463. The molecule has 1 spiro atoms. The minimum Gasteiger partial charge on any atom is -0.347 e. The molecule has 2 fully saturated rings. The van der Waals surface area contributed by atoms with Crippen LogP contribution in [0.25, 0.3) is 0 Å². The summed E-state index contributed by atoms with van der Waals surface area (Å²) in [4.78, 5) is 28.5. The van der Waals surface area contributed by atoms with E-state index in [1.165, 1.54) is 29.2 Å². The van der Waals surface area contributed by atoms with Gasteiger partial charge in [-0.05, 0) is 55.4 Å². The van der Waals surface area contributed by atoms with Crippen molar-refractivity contribution >= 4 is 39.1 Å². The lowest BCUT2D eigenvalue weighted by Crippen LogP contribution is -2.47. The highest BCUT2D eigenvalue weighted by Crippen LogP contribution is 2.55. The van der Waals surface area contributed by atoms with Gasteiger partial charge >= 0.3 is 0 Å². The summed E-state index contributed by atoms with van der Waals surface area (Å²) in [6, 6.07) is 9.34. The van der Waals surface area contributed by atoms with Crippen molar-refractivity contribution < 1.29 is 22.4 Å². The number of hydrogen-bond acceptors (Lipinski definition) is 4. The molecule has 1 heterocycles. The molecule has 34 heavy (non-hydrogen) atoms. The molecule has 2 aromatic rings. The zero-order valence-electron chi connectivity index (χ0n) is 19.0. The third kappa shape index (κ3) is 5.20. The molecule has 2 aliphatic rings. The van der Waals surface area contributed by atoms with Crippen LogP contribution in [0.4, 0.5) is 10.1 Å². The number of hydrogen-bond donors (Lipinski definition) is 2. The average Bonchev–Trinajstić information content (AvgIpc) is 3.42. The summed E-state index contributed by atoms with van der Waals surface area (Å²) < 4.78 is 40.3. The number of carbonyl (C=O) groups is 2. The van der Waals surface area contributed by atoms with Crippen LogP contribution in [0.1, 0.15) is 54.6 Å². The van der Waals surface area contributed by atoms with Crippen LogP contribution in [0, 0.1) is 11.2 Å². The first-order valence-corrected chi connectivity index (χ1v) is 13.4. The third-order valence-electron chi connectivity index (χ3n) is 6.54. The largest absolute Gasteiger partial charge is 0.347 e. The summed E-state index contributed by atoms with van der Waals surface area (Å²) in [5.74, 6) is -1.23. The van der Waals surface area contributed by atoms with E-state index in [-0.39, 0.29) is 27.6 Å². The van der Waals surface area contributed by atoms with E-state index in [0.717, 1.165) is 19.1 Å². The number of likely N-dealkylation sites (tertiary alicyclic amines) is 1. The van der Waals surface area contributed by atoms with Crippen LogP contribution in [0.2, 0.25) is 5.02 Å². The number of nitrogens with zero attached hydrogens (tertiary/aromatic N) is 1. The summed E-state index contributed by atoms with van der Waals surface area (Å²) in [5, 5.41) is 3.19. The Morgan fingerprint density at radius 3 is 2.56 bits per heavy atom. The summed E-state index contributed by atoms with van der Waals surface area (Å²) in [7, 11) is -3.64. The molecule has 2 amide bonds. The van der Waals surface area contributed by atoms with Gasteiger partial charge in [-0.15, -0.1) is 0 Å². The van der Waals surface area contributed by atoms with E-state index in [1.807, 2.05) is 6.92 Å². The monoisotopic (exact) mass is 507 g/mol. The lowest BCUT2D eigenvalue weighted by Gasteiger charge is -2.27. The van der Waals surface area contributed by atoms with Gasteiger partial charge in [0.15, 0.2) is 0 Å². The third-order valence-corrected chi connectivity index (χ3v) is 7.37. The smallest absolute Gasteiger partial charge is 0.256 e. The molecule has 10 heteroatoms. The molecule has 0 aromatic heterocycles. The van der Waals surface area contributed by atoms with E-state index in [1.54, 1.807) is 18.2 Å². The van der Waals surface area contributed by atoms with Gasteiger partial charge in [0.2, 0.25) is 15.9 Å². The Kier molecular flexibility index (Phi) is 6.61. The van der Waals surface area contributed by atoms with Crippen LogP contribution in [0.5, 0.6) is 0 Å². The Bertz CT molecular complexity index is 1230. The number of amides is 2. The Hall–Kier alpha value is -2.65. The topological polar surface area (TPSA) is 95.6 Å². The van der Waals surface area contributed by atoms with Gasteiger partial charge in [0.1, 0.15) is 11.9 Å². The molecule has 7 nitrogen and oxygen atoms in total. The van der Waals surface area contributed by atoms with E-state index in [0.29, 0.717) is 24.9 Å². The molecule has 1 aliphatic carbocycles. The van der Waals surface area contributed by atoms with Crippen molar-refractivity contribution in [1.29, 1.82) is 0 Å². The second-order valence-corrected chi connectivity index (χ2v) is 11.4. The zero-order valence-corrected chi connectivity index (χ0v) is 20.5. The van der Waals surface area contributed by atoms with E-state index in [9.17, 15) is 22.4 Å². The molecule has 0 bridgehead atoms. The van der Waals surface area contributed by atoms with Gasteiger partial charge in [-0.25, -0.2) is 12.8 Å². The number of nitrogens with one attached hydrogen (secondary N) is 2. The van der Waals surface area contributed by atoms with E-state index in [2.05, 4.69) is 10.0 Å². The average molecular weight is 508 g/mol. The number of halogens is 2. The van der Waals surface area contributed by atoms with Crippen LogP contribution >= 0.6 is 11.6 Å². The standard InChI is InChI=1S/C24H27ClFN3O4S/c1-3-19(16-6-4-5-7-18(16)26)27-22(30)21-13-24(10-11-24)14-29(21)23(31)17-12-15(25)8-9-20(17)28-34(2,32)33/h4-9,12,19,21,28H,3,10-11,13-14H2,1-2H3,(H,27,30)/t19?,21-/m1/s1. The first-order valence-electron chi connectivity index (χ1n) is 11.1. The van der Waals surface area contributed by atoms with Crippen molar-refractivity contribution in [1.82, 2.24) is 10.2 Å². The molecule has 1 saturated heterocycles. The Morgan fingerprint density at radius 2 is 1.94 bits per heavy atom. The quantitative estimate of drug-likeness (QED) is 0.589. The van der Waals surface area contributed by atoms with Gasteiger partial charge in [-0.1, -0.05) is 36.7 Å². The molecule has 0 radical (unpaired) electrons. The van der Waals surface area contributed by atoms with Crippen LogP contribution in [0.3, 0.4) is 0 Å². The van der Waals surface area contributed by atoms with Crippen molar-refractivity contribution in [3.63, 3.8) is 0 Å². The van der Waals surface area contributed by atoms with Crippen LogP contribution < -0.4 is 10.0 Å². The first kappa shape index (κ1) is 24.5. The maximum absolute atomic E-state index is 14.3. The highest BCUT2D eigenvalue weighted by molar-refractivity contribution is 7.92. The number of anilines is 1. The molecule has 1 saturated carbocycles. The molecule has 182 valence electrons. The highest BCUT2D eigenvalue weighted by Gasteiger charge is 2.55. The minimum atomic E-state index is -3.64. The first-order chi connectivity index (χ1) is 16.0. The van der Waals surface area contributed by atoms with Gasteiger partial charge in [-0.2, -0.15) is 0 Å². The van der Waals surface area contributed by atoms with Crippen LogP contribution in [-0.2, 0) is 14.8 Å². The van der Waals surface area contributed by atoms with E-state index < -0.39 is 33.8 Å². The Labute approximate surface area is 203 Å². The maximum Gasteiger partial charge on any atom is 0.256 e. The van der Waals surface area contributed by atoms with Gasteiger partial charge in [-0.3, -0.25) is 14.3 Å². The predicted octanol–water partition coefficient (Wildman–Crippen LogP) is 4.11. The number of benzene rings is 2. The maximum atomic E-state index is 14.3. The minimum absolute atomic E-state index is 0.0783. The molecular weight excluding hydrogens is 481 g/mol. The van der Waals surface area contributed by atoms with E-state index in [4.69, 9.17) is 11.6 Å². The Balaban J connectivity index is 1.62. The van der Waals surface area contributed by atoms with Crippen molar-refractivity contribution in [2.45, 2.75) is 44.7 Å². The molecule has 1 aliphatic heterocycles. The molecular formula is C24H27ClFN3O4S. The fourth-order valence-corrected chi connectivity index (χ4v) is 5.35. The van der Waals surface area contributed by atoms with Crippen molar-refractivity contribution in [2.24, 2.45) is 5.41 Å². The normalized spacial score (nSPS) is 19.6. The SMILES string of the molecule is CCC(NC(=O)[C@H]1CC2(CC2)CN1C(=O)c1cc(Cl)ccc1NS(C)(=O)=O)c1ccccc1F. The summed E-state index contributed by atoms with van der Waals surface area (Å²) >= 11 is 6.11. The fraction of sp³-hybridized carbons (Fsp3) is 0.417. The van der Waals surface area contributed by atoms with Gasteiger partial charge in [0, 0.05) is 17.1 Å². The molecule has 2 aromatic carbocycles. The highest BCUT2D eigenvalue weighted by atomic mass is 35.5. The molecule has 4 rings (SSSR count). The number of carbonyl (C=O) groups excluding carboxylic acids is 2. The van der Waals surface area contributed by atoms with E-state index >= 15 is 0 Å². The van der Waals surface area contributed by atoms with Crippen LogP contribution in [-0.4, -0.2) is 44.0 Å². The molecule has 1 unspecified atom stereocenters. The van der Waals surface area contributed by atoms with Gasteiger partial charge in [0.25, 0.3) is 5.91 Å². The number of sulfonamides is 1. The number of rotatable bonds is 7. The summed E-state index contributed by atoms with van der Waals surface area (Å²) in [6.07, 6.45) is 3.81. The molecule has 2 N–H and O–H groups in total. The predicted molar refractivity (Wildman–Crippen MR) is 129 cm³/mol. The van der Waals surface area contributed by atoms with Gasteiger partial charge < -0.3 is 10.2 Å². The Morgan fingerprint density at radius 1 is 1.24 bits per heavy atom. The van der Waals surface area contributed by atoms with Crippen LogP contribution in [0.15, 0.2) is 42.5 Å².